The lowest BCUT2D eigenvalue weighted by Gasteiger charge is -2.31. The molecule has 1 aliphatic heterocycles. The third-order valence-electron chi connectivity index (χ3n) is 4.01. The molecule has 1 aromatic rings. The smallest absolute Gasteiger partial charge is 0.320 e. The Morgan fingerprint density at radius 2 is 1.84 bits per heavy atom. The van der Waals surface area contributed by atoms with Crippen LogP contribution in [0.15, 0.2) is 12.1 Å². The summed E-state index contributed by atoms with van der Waals surface area (Å²) < 4.78 is 20.8. The molecule has 0 saturated carbocycles. The maximum absolute atomic E-state index is 12.7. The second-order valence-electron chi connectivity index (χ2n) is 5.39. The summed E-state index contributed by atoms with van der Waals surface area (Å²) in [4.78, 5) is 26.1. The van der Waals surface area contributed by atoms with Crippen molar-refractivity contribution < 1.29 is 28.5 Å². The van der Waals surface area contributed by atoms with Crippen LogP contribution in [0.2, 0.25) is 0 Å². The van der Waals surface area contributed by atoms with E-state index in [1.54, 1.807) is 24.1 Å². The van der Waals surface area contributed by atoms with Crippen molar-refractivity contribution in [3.05, 3.63) is 17.7 Å². The molecule has 8 heteroatoms. The maximum atomic E-state index is 12.7. The van der Waals surface area contributed by atoms with Gasteiger partial charge in [0.25, 0.3) is 0 Å². The zero-order valence-corrected chi connectivity index (χ0v) is 15.7. The molecule has 7 nitrogen and oxygen atoms in total. The lowest BCUT2D eigenvalue weighted by atomic mass is 10.1. The van der Waals surface area contributed by atoms with E-state index in [9.17, 15) is 9.59 Å². The fraction of sp³-hybridized carbons (Fsp3) is 0.529. The van der Waals surface area contributed by atoms with Crippen LogP contribution >= 0.6 is 11.8 Å². The Kier molecular flexibility index (Phi) is 6.81. The topological polar surface area (TPSA) is 74.3 Å². The van der Waals surface area contributed by atoms with Crippen LogP contribution in [0.5, 0.6) is 17.2 Å². The van der Waals surface area contributed by atoms with Gasteiger partial charge in [-0.3, -0.25) is 9.59 Å². The van der Waals surface area contributed by atoms with Crippen molar-refractivity contribution in [1.29, 1.82) is 0 Å². The average Bonchev–Trinajstić information content (AvgIpc) is 2.66. The third-order valence-corrected chi connectivity index (χ3v) is 5.17. The largest absolute Gasteiger partial charge is 0.493 e. The highest BCUT2D eigenvalue weighted by molar-refractivity contribution is 8.00. The molecule has 0 N–H and O–H groups in total. The van der Waals surface area contributed by atoms with E-state index in [-0.39, 0.29) is 23.5 Å². The van der Waals surface area contributed by atoms with Gasteiger partial charge >= 0.3 is 5.97 Å². The molecule has 25 heavy (non-hydrogen) atoms. The van der Waals surface area contributed by atoms with Gasteiger partial charge in [0.15, 0.2) is 11.5 Å². The van der Waals surface area contributed by atoms with Gasteiger partial charge in [0.1, 0.15) is 5.25 Å². The van der Waals surface area contributed by atoms with Crippen molar-refractivity contribution in [2.75, 3.05) is 47.3 Å². The molecule has 0 spiro atoms. The highest BCUT2D eigenvalue weighted by Crippen LogP contribution is 2.40. The molecule has 1 aromatic carbocycles. The van der Waals surface area contributed by atoms with Crippen molar-refractivity contribution in [1.82, 2.24) is 4.90 Å². The van der Waals surface area contributed by atoms with Gasteiger partial charge in [-0.15, -0.1) is 11.8 Å². The number of hydrogen-bond acceptors (Lipinski definition) is 7. The summed E-state index contributed by atoms with van der Waals surface area (Å²) in [5, 5.41) is -0.338. The summed E-state index contributed by atoms with van der Waals surface area (Å²) in [6.45, 7) is 0.957. The highest BCUT2D eigenvalue weighted by Gasteiger charge is 2.30. The van der Waals surface area contributed by atoms with E-state index >= 15 is 0 Å². The van der Waals surface area contributed by atoms with Crippen molar-refractivity contribution in [3.8, 4) is 17.2 Å². The predicted molar refractivity (Wildman–Crippen MR) is 94.6 cm³/mol. The summed E-state index contributed by atoms with van der Waals surface area (Å²) in [6, 6.07) is 3.53. The Morgan fingerprint density at radius 3 is 2.44 bits per heavy atom. The number of nitrogens with zero attached hydrogens (tertiary/aromatic N) is 1. The molecule has 0 bridgehead atoms. The van der Waals surface area contributed by atoms with Crippen LogP contribution in [0.1, 0.15) is 5.56 Å². The number of rotatable bonds is 6. The van der Waals surface area contributed by atoms with E-state index < -0.39 is 0 Å². The van der Waals surface area contributed by atoms with Gasteiger partial charge in [-0.2, -0.15) is 0 Å². The van der Waals surface area contributed by atoms with Crippen molar-refractivity contribution >= 4 is 23.6 Å². The van der Waals surface area contributed by atoms with Gasteiger partial charge < -0.3 is 23.8 Å². The number of carbonyl (C=O) groups excluding carboxylic acids is 2. The summed E-state index contributed by atoms with van der Waals surface area (Å²) in [7, 11) is 5.95. The van der Waals surface area contributed by atoms with Crippen LogP contribution in [0.4, 0.5) is 0 Å². The van der Waals surface area contributed by atoms with Gasteiger partial charge in [-0.05, 0) is 6.07 Å². The fourth-order valence-electron chi connectivity index (χ4n) is 2.73. The lowest BCUT2D eigenvalue weighted by Crippen LogP contribution is -2.45. The molecule has 1 heterocycles. The molecule has 2 rings (SSSR count). The Labute approximate surface area is 151 Å². The normalized spacial score (nSPS) is 17.0. The van der Waals surface area contributed by atoms with Crippen LogP contribution in [0.25, 0.3) is 0 Å². The fourth-order valence-corrected chi connectivity index (χ4v) is 3.85. The monoisotopic (exact) mass is 369 g/mol. The number of hydrogen-bond donors (Lipinski definition) is 0. The summed E-state index contributed by atoms with van der Waals surface area (Å²) in [5.74, 6) is 1.80. The molecule has 1 atom stereocenters. The molecule has 1 fully saturated rings. The van der Waals surface area contributed by atoms with Crippen LogP contribution in [0.3, 0.4) is 0 Å². The molecule has 0 aromatic heterocycles. The van der Waals surface area contributed by atoms with Gasteiger partial charge in [-0.25, -0.2) is 0 Å². The Bertz CT molecular complexity index is 636. The SMILES string of the molecule is COC(=O)[C@H]1CN(C(=O)Cc2ccc(OC)c(OC)c2OC)CCS1. The summed E-state index contributed by atoms with van der Waals surface area (Å²) in [6.07, 6.45) is 0.155. The summed E-state index contributed by atoms with van der Waals surface area (Å²) >= 11 is 1.51. The summed E-state index contributed by atoms with van der Waals surface area (Å²) in [5.41, 5.74) is 0.706. The lowest BCUT2D eigenvalue weighted by molar-refractivity contribution is -0.141. The molecule has 1 saturated heterocycles. The standard InChI is InChI=1S/C17H23NO6S/c1-21-12-6-5-11(15(22-2)16(12)23-3)9-14(19)18-7-8-25-13(10-18)17(20)24-4/h5-6,13H,7-10H2,1-4H3/t13-/m1/s1. The van der Waals surface area contributed by atoms with Gasteiger partial charge in [-0.1, -0.05) is 6.07 Å². The van der Waals surface area contributed by atoms with Gasteiger partial charge in [0, 0.05) is 24.4 Å². The predicted octanol–water partition coefficient (Wildman–Crippen LogP) is 1.37. The van der Waals surface area contributed by atoms with E-state index in [4.69, 9.17) is 18.9 Å². The zero-order chi connectivity index (χ0) is 18.4. The van der Waals surface area contributed by atoms with Gasteiger partial charge in [0.05, 0.1) is 34.9 Å². The first kappa shape index (κ1) is 19.2. The second-order valence-corrected chi connectivity index (χ2v) is 6.70. The molecular weight excluding hydrogens is 346 g/mol. The van der Waals surface area contributed by atoms with Gasteiger partial charge in [0.2, 0.25) is 11.7 Å². The first-order valence-corrected chi connectivity index (χ1v) is 8.85. The van der Waals surface area contributed by atoms with Crippen LogP contribution in [-0.2, 0) is 20.7 Å². The number of amides is 1. The van der Waals surface area contributed by atoms with E-state index in [1.807, 2.05) is 0 Å². The first-order chi connectivity index (χ1) is 12.0. The Balaban J connectivity index is 2.16. The Hall–Kier alpha value is -2.09. The number of ether oxygens (including phenoxy) is 4. The van der Waals surface area contributed by atoms with Crippen LogP contribution < -0.4 is 14.2 Å². The minimum atomic E-state index is -0.338. The van der Waals surface area contributed by atoms with Crippen molar-refractivity contribution in [2.45, 2.75) is 11.7 Å². The minimum absolute atomic E-state index is 0.0697. The van der Waals surface area contributed by atoms with E-state index in [0.717, 1.165) is 0 Å². The molecule has 1 aliphatic rings. The molecule has 1 amide bonds. The van der Waals surface area contributed by atoms with Crippen molar-refractivity contribution in [3.63, 3.8) is 0 Å². The number of methoxy groups -OCH3 is 4. The second kappa shape index (κ2) is 8.84. The number of thioether (sulfide) groups is 1. The first-order valence-electron chi connectivity index (χ1n) is 7.80. The minimum Gasteiger partial charge on any atom is -0.493 e. The van der Waals surface area contributed by atoms with E-state index in [0.29, 0.717) is 41.7 Å². The van der Waals surface area contributed by atoms with Crippen LogP contribution in [-0.4, -0.2) is 69.3 Å². The Morgan fingerprint density at radius 1 is 1.12 bits per heavy atom. The quantitative estimate of drug-likeness (QED) is 0.701. The molecule has 0 aliphatic carbocycles. The molecular formula is C17H23NO6S. The maximum Gasteiger partial charge on any atom is 0.320 e. The van der Waals surface area contributed by atoms with E-state index in [1.165, 1.54) is 33.1 Å². The molecule has 138 valence electrons. The number of esters is 1. The van der Waals surface area contributed by atoms with Crippen LogP contribution in [0, 0.1) is 0 Å². The van der Waals surface area contributed by atoms with Crippen molar-refractivity contribution in [2.24, 2.45) is 0 Å². The third kappa shape index (κ3) is 4.31. The molecule has 0 unspecified atom stereocenters. The number of benzene rings is 1. The molecule has 0 radical (unpaired) electrons. The average molecular weight is 369 g/mol. The zero-order valence-electron chi connectivity index (χ0n) is 14.9. The highest BCUT2D eigenvalue weighted by atomic mass is 32.2. The van der Waals surface area contributed by atoms with E-state index in [2.05, 4.69) is 0 Å². The number of carbonyl (C=O) groups is 2.